The second-order valence-electron chi connectivity index (χ2n) is 12.6. The second-order valence-corrected chi connectivity index (χ2v) is 12.6. The van der Waals surface area contributed by atoms with Gasteiger partial charge in [-0.15, -0.1) is 0 Å². The van der Waals surface area contributed by atoms with E-state index >= 15 is 0 Å². The van der Waals surface area contributed by atoms with Gasteiger partial charge in [0.25, 0.3) is 0 Å². The number of fused-ring (bicyclic) bond motifs is 1. The molecule has 2 aromatic rings. The number of aliphatic hydroxyl groups is 2. The zero-order valence-corrected chi connectivity index (χ0v) is 25.8. The summed E-state index contributed by atoms with van der Waals surface area (Å²) in [5, 5.41) is 24.3. The van der Waals surface area contributed by atoms with Crippen molar-refractivity contribution in [3.8, 4) is 0 Å². The molecule has 2 N–H and O–H groups in total. The molecule has 2 bridgehead atoms. The largest absolute Gasteiger partial charge is 0.465 e. The van der Waals surface area contributed by atoms with Crippen LogP contribution in [-0.2, 0) is 38.1 Å². The van der Waals surface area contributed by atoms with Gasteiger partial charge in [0.15, 0.2) is 6.10 Å². The lowest BCUT2D eigenvalue weighted by atomic mass is 9.46. The molecule has 12 heteroatoms. The van der Waals surface area contributed by atoms with E-state index in [9.17, 15) is 29.4 Å². The van der Waals surface area contributed by atoms with Crippen LogP contribution in [0.25, 0.3) is 6.08 Å². The number of esters is 4. The molecule has 2 saturated carbocycles. The van der Waals surface area contributed by atoms with Crippen LogP contribution >= 0.6 is 0 Å². The summed E-state index contributed by atoms with van der Waals surface area (Å²) in [6.07, 6.45) is -1.84. The van der Waals surface area contributed by atoms with Crippen molar-refractivity contribution in [2.45, 2.75) is 88.7 Å². The van der Waals surface area contributed by atoms with E-state index in [1.54, 1.807) is 44.2 Å². The predicted molar refractivity (Wildman–Crippen MR) is 155 cm³/mol. The molecule has 12 nitrogen and oxygen atoms in total. The molecule has 0 amide bonds. The van der Waals surface area contributed by atoms with Crippen LogP contribution in [0.5, 0.6) is 0 Å². The van der Waals surface area contributed by atoms with E-state index in [1.807, 2.05) is 6.07 Å². The van der Waals surface area contributed by atoms with E-state index in [2.05, 4.69) is 0 Å². The summed E-state index contributed by atoms with van der Waals surface area (Å²) < 4.78 is 35.5. The van der Waals surface area contributed by atoms with Gasteiger partial charge < -0.3 is 38.3 Å². The molecule has 242 valence electrons. The van der Waals surface area contributed by atoms with Crippen molar-refractivity contribution < 1.29 is 57.5 Å². The third-order valence-corrected chi connectivity index (χ3v) is 9.35. The number of aliphatic hydroxyl groups excluding tert-OH is 1. The molecule has 5 rings (SSSR count). The quantitative estimate of drug-likeness (QED) is 0.250. The fourth-order valence-electron chi connectivity index (χ4n) is 7.66. The minimum Gasteiger partial charge on any atom is -0.465 e. The molecule has 1 aromatic carbocycles. The van der Waals surface area contributed by atoms with Crippen LogP contribution in [0.4, 0.5) is 0 Å². The van der Waals surface area contributed by atoms with Gasteiger partial charge in [-0.1, -0.05) is 30.3 Å². The van der Waals surface area contributed by atoms with Gasteiger partial charge in [0.1, 0.15) is 29.8 Å². The summed E-state index contributed by atoms with van der Waals surface area (Å²) >= 11 is 0. The molecule has 3 fully saturated rings. The highest BCUT2D eigenvalue weighted by Crippen LogP contribution is 2.68. The molecule has 1 aliphatic heterocycles. The molecule has 3 aliphatic rings. The summed E-state index contributed by atoms with van der Waals surface area (Å²) in [5.74, 6) is -4.49. The molecule has 1 spiro atoms. The van der Waals surface area contributed by atoms with E-state index in [0.29, 0.717) is 0 Å². The van der Waals surface area contributed by atoms with Gasteiger partial charge in [-0.2, -0.15) is 0 Å². The van der Waals surface area contributed by atoms with Crippen LogP contribution in [0.3, 0.4) is 0 Å². The fourth-order valence-corrected chi connectivity index (χ4v) is 7.66. The van der Waals surface area contributed by atoms with Crippen molar-refractivity contribution >= 4 is 30.0 Å². The normalized spacial score (nSPS) is 34.9. The lowest BCUT2D eigenvalue weighted by Gasteiger charge is -2.65. The first kappa shape index (κ1) is 32.4. The fraction of sp³-hybridized carbons (Fsp3) is 0.515. The summed E-state index contributed by atoms with van der Waals surface area (Å²) in [7, 11) is 0. The number of carbonyl (C=O) groups is 4. The maximum Gasteiger partial charge on any atom is 0.374 e. The third-order valence-electron chi connectivity index (χ3n) is 9.35. The highest BCUT2D eigenvalue weighted by molar-refractivity contribution is 5.87. The summed E-state index contributed by atoms with van der Waals surface area (Å²) in [6.45, 7) is 6.42. The van der Waals surface area contributed by atoms with Crippen molar-refractivity contribution in [1.82, 2.24) is 0 Å². The maximum absolute atomic E-state index is 13.5. The average molecular weight is 627 g/mol. The summed E-state index contributed by atoms with van der Waals surface area (Å²) in [5.41, 5.74) is -6.47. The Morgan fingerprint density at radius 2 is 1.69 bits per heavy atom. The molecule has 45 heavy (non-hydrogen) atoms. The third kappa shape index (κ3) is 5.34. The zero-order chi connectivity index (χ0) is 32.8. The van der Waals surface area contributed by atoms with Gasteiger partial charge in [-0.05, 0) is 57.4 Å². The van der Waals surface area contributed by atoms with Crippen LogP contribution in [-0.4, -0.2) is 81.9 Å². The van der Waals surface area contributed by atoms with Crippen molar-refractivity contribution in [1.29, 1.82) is 0 Å². The maximum atomic E-state index is 13.5. The number of hydrogen-bond acceptors (Lipinski definition) is 12. The van der Waals surface area contributed by atoms with Crippen LogP contribution in [0.1, 0.15) is 63.6 Å². The van der Waals surface area contributed by atoms with Crippen molar-refractivity contribution in [2.75, 3.05) is 6.61 Å². The Kier molecular flexibility index (Phi) is 8.45. The highest BCUT2D eigenvalue weighted by atomic mass is 16.6. The smallest absolute Gasteiger partial charge is 0.374 e. The molecular weight excluding hydrogens is 588 g/mol. The molecular formula is C33H38O12. The van der Waals surface area contributed by atoms with Crippen molar-refractivity contribution in [3.63, 3.8) is 0 Å². The van der Waals surface area contributed by atoms with Crippen LogP contribution in [0.15, 0.2) is 59.2 Å². The zero-order valence-electron chi connectivity index (χ0n) is 25.8. The molecule has 1 unspecified atom stereocenters. The van der Waals surface area contributed by atoms with Gasteiger partial charge in [0, 0.05) is 19.9 Å². The van der Waals surface area contributed by atoms with E-state index in [-0.39, 0.29) is 18.6 Å². The lowest BCUT2D eigenvalue weighted by molar-refractivity contribution is -0.348. The monoisotopic (exact) mass is 626 g/mol. The van der Waals surface area contributed by atoms with Gasteiger partial charge in [0.05, 0.1) is 29.5 Å². The Morgan fingerprint density at radius 1 is 0.978 bits per heavy atom. The lowest BCUT2D eigenvalue weighted by Crippen LogP contribution is -2.83. The first-order valence-corrected chi connectivity index (χ1v) is 14.8. The van der Waals surface area contributed by atoms with Gasteiger partial charge in [-0.25, -0.2) is 9.59 Å². The first-order valence-electron chi connectivity index (χ1n) is 14.8. The van der Waals surface area contributed by atoms with E-state index in [0.717, 1.165) is 19.4 Å². The van der Waals surface area contributed by atoms with E-state index in [1.165, 1.54) is 31.4 Å². The Labute approximate surface area is 260 Å². The van der Waals surface area contributed by atoms with Crippen LogP contribution < -0.4 is 0 Å². The Balaban J connectivity index is 1.72. The number of benzene rings is 1. The number of rotatable bonds is 8. The molecule has 0 radical (unpaired) electrons. The standard InChI is InChI=1S/C33H38O12/c1-19(34)41-18-32-23(43-24(36)14-13-21-10-7-6-8-11-21)15-16-31(5,39)33(32)27(37)25(30(3,4)45-33)26(42-20(2)35)28(32)44-29(38)22-12-9-17-40-22/h6-14,17,23,25-28,37,39H,15-16,18H2,1-5H3/t23-,25+,26+,27?,28+,31-,32-,33+/m0/s1. The van der Waals surface area contributed by atoms with Gasteiger partial charge >= 0.3 is 23.9 Å². The van der Waals surface area contributed by atoms with Crippen molar-refractivity contribution in [2.24, 2.45) is 11.3 Å². The number of furan rings is 1. The molecule has 2 heterocycles. The molecule has 1 aromatic heterocycles. The Hall–Kier alpha value is -4.00. The topological polar surface area (TPSA) is 168 Å². The minimum absolute atomic E-state index is 0.0217. The molecule has 2 aliphatic carbocycles. The number of carbonyl (C=O) groups excluding carboxylic acids is 4. The van der Waals surface area contributed by atoms with Crippen molar-refractivity contribution in [3.05, 3.63) is 66.1 Å². The van der Waals surface area contributed by atoms with Crippen LogP contribution in [0.2, 0.25) is 0 Å². The number of hydrogen-bond donors (Lipinski definition) is 2. The van der Waals surface area contributed by atoms with E-state index in [4.69, 9.17) is 28.1 Å². The minimum atomic E-state index is -2.05. The summed E-state index contributed by atoms with van der Waals surface area (Å²) in [4.78, 5) is 51.9. The SMILES string of the molecule is CC(=O)OC[C@@]12[C@@H](OC(=O)C=Cc3ccccc3)CC[C@](C)(O)[C@@]13OC(C)(C)[C@@H](C3O)[C@@H](OC(C)=O)[C@H]2OC(=O)c1ccco1. The van der Waals surface area contributed by atoms with E-state index < -0.39 is 83.0 Å². The highest BCUT2D eigenvalue weighted by Gasteiger charge is 2.86. The molecule has 1 saturated heterocycles. The van der Waals surface area contributed by atoms with Gasteiger partial charge in [-0.3, -0.25) is 9.59 Å². The Morgan fingerprint density at radius 3 is 2.31 bits per heavy atom. The Bertz CT molecular complexity index is 1460. The average Bonchev–Trinajstić information content (AvgIpc) is 3.56. The molecule has 8 atom stereocenters. The van der Waals surface area contributed by atoms with Gasteiger partial charge in [0.2, 0.25) is 5.76 Å². The predicted octanol–water partition coefficient (Wildman–Crippen LogP) is 2.99. The summed E-state index contributed by atoms with van der Waals surface area (Å²) in [6, 6.07) is 11.9. The van der Waals surface area contributed by atoms with Crippen LogP contribution in [0, 0.1) is 11.3 Å². The first-order chi connectivity index (χ1) is 21.2. The second kappa shape index (κ2) is 11.7. The number of ether oxygens (including phenoxy) is 5.